The van der Waals surface area contributed by atoms with Gasteiger partial charge in [0, 0.05) is 24.4 Å². The minimum atomic E-state index is 0.587. The van der Waals surface area contributed by atoms with Gasteiger partial charge < -0.3 is 4.57 Å². The normalized spacial score (nSPS) is 13.0. The monoisotopic (exact) mass is 657 g/mol. The second kappa shape index (κ2) is 35.1. The topological polar surface area (TPSA) is 17.8 Å². The number of rotatable bonds is 38. The van der Waals surface area contributed by atoms with Crippen LogP contribution in [-0.4, -0.2) is 9.55 Å². The maximum Gasteiger partial charge on any atom is 0.111 e. The minimum absolute atomic E-state index is 0.587. The molecule has 0 radical (unpaired) electrons. The Morgan fingerprint density at radius 2 is 0.681 bits per heavy atom. The highest BCUT2D eigenvalue weighted by atomic mass is 15.1. The van der Waals surface area contributed by atoms with Gasteiger partial charge in [-0.05, 0) is 26.2 Å². The molecule has 0 bridgehead atoms. The van der Waals surface area contributed by atoms with Crippen molar-refractivity contribution in [3.05, 3.63) is 18.2 Å². The van der Waals surface area contributed by atoms with E-state index in [-0.39, 0.29) is 0 Å². The molecule has 0 aliphatic heterocycles. The van der Waals surface area contributed by atoms with Gasteiger partial charge in [0.25, 0.3) is 0 Å². The van der Waals surface area contributed by atoms with E-state index < -0.39 is 0 Å². The Labute approximate surface area is 297 Å². The Hall–Kier alpha value is -0.790. The first-order valence-electron chi connectivity index (χ1n) is 22.3. The highest BCUT2D eigenvalue weighted by molar-refractivity contribution is 5.02. The third-order valence-electron chi connectivity index (χ3n) is 11.1. The van der Waals surface area contributed by atoms with E-state index in [0.717, 1.165) is 0 Å². The average Bonchev–Trinajstić information content (AvgIpc) is 3.57. The third-order valence-corrected chi connectivity index (χ3v) is 11.1. The van der Waals surface area contributed by atoms with E-state index in [4.69, 9.17) is 4.98 Å². The van der Waals surface area contributed by atoms with Crippen molar-refractivity contribution in [2.24, 2.45) is 0 Å². The molecule has 1 aromatic heterocycles. The first-order valence-corrected chi connectivity index (χ1v) is 22.3. The molecule has 47 heavy (non-hydrogen) atoms. The van der Waals surface area contributed by atoms with E-state index >= 15 is 0 Å². The molecule has 2 atom stereocenters. The standard InChI is InChI=1S/C45H88N2/c1-5-8-11-14-17-19-21-23-24-26-28-31-34-37-40-44(39-36-33-30-27-25-22-20-18-15-12-9-6-2)45-46-41-42-47(45)43(4)38-35-32-29-16-13-10-7-3/h41-44H,5-40H2,1-4H3. The Morgan fingerprint density at radius 1 is 0.404 bits per heavy atom. The zero-order valence-corrected chi connectivity index (χ0v) is 33.2. The summed E-state index contributed by atoms with van der Waals surface area (Å²) in [6.45, 7) is 9.40. The molecule has 2 nitrogen and oxygen atoms in total. The van der Waals surface area contributed by atoms with Crippen LogP contribution < -0.4 is 0 Å². The lowest BCUT2D eigenvalue weighted by Gasteiger charge is -2.22. The zero-order valence-electron chi connectivity index (χ0n) is 33.2. The fraction of sp³-hybridized carbons (Fsp3) is 0.933. The summed E-state index contributed by atoms with van der Waals surface area (Å²) >= 11 is 0. The van der Waals surface area contributed by atoms with Crippen molar-refractivity contribution < 1.29 is 0 Å². The third kappa shape index (κ3) is 26.7. The van der Waals surface area contributed by atoms with Crippen LogP contribution in [0.15, 0.2) is 12.4 Å². The lowest BCUT2D eigenvalue weighted by molar-refractivity contribution is 0.412. The second-order valence-corrected chi connectivity index (χ2v) is 15.7. The van der Waals surface area contributed by atoms with Crippen molar-refractivity contribution in [1.82, 2.24) is 9.55 Å². The SMILES string of the molecule is CCCCCCCCCCCCCCCCC(CCCCCCCCCCCCCC)c1nccn1C(C)CCCCCCCCC. The molecule has 0 amide bonds. The van der Waals surface area contributed by atoms with Gasteiger partial charge in [-0.1, -0.05) is 233 Å². The first-order chi connectivity index (χ1) is 23.2. The van der Waals surface area contributed by atoms with Gasteiger partial charge in [-0.3, -0.25) is 0 Å². The quantitative estimate of drug-likeness (QED) is 0.0648. The van der Waals surface area contributed by atoms with Crippen molar-refractivity contribution in [2.75, 3.05) is 0 Å². The molecule has 278 valence electrons. The van der Waals surface area contributed by atoms with Gasteiger partial charge in [0.1, 0.15) is 5.82 Å². The fourth-order valence-electron chi connectivity index (χ4n) is 7.77. The molecule has 1 heterocycles. The minimum Gasteiger partial charge on any atom is -0.332 e. The maximum absolute atomic E-state index is 5.04. The number of aromatic nitrogens is 2. The van der Waals surface area contributed by atoms with Crippen molar-refractivity contribution in [2.45, 2.75) is 271 Å². The predicted molar refractivity (Wildman–Crippen MR) is 213 cm³/mol. The van der Waals surface area contributed by atoms with E-state index in [1.54, 1.807) is 0 Å². The second-order valence-electron chi connectivity index (χ2n) is 15.7. The lowest BCUT2D eigenvalue weighted by Crippen LogP contribution is -2.13. The molecule has 0 N–H and O–H groups in total. The molecule has 1 rings (SSSR count). The van der Waals surface area contributed by atoms with Crippen LogP contribution in [0.2, 0.25) is 0 Å². The Kier molecular flexibility index (Phi) is 33.0. The summed E-state index contributed by atoms with van der Waals surface area (Å²) in [5.41, 5.74) is 0. The van der Waals surface area contributed by atoms with Gasteiger partial charge in [-0.2, -0.15) is 0 Å². The summed E-state index contributed by atoms with van der Waals surface area (Å²) in [5.74, 6) is 2.07. The summed E-state index contributed by atoms with van der Waals surface area (Å²) < 4.78 is 2.59. The van der Waals surface area contributed by atoms with E-state index in [2.05, 4.69) is 44.7 Å². The smallest absolute Gasteiger partial charge is 0.111 e. The molecule has 0 saturated carbocycles. The van der Waals surface area contributed by atoms with Crippen LogP contribution in [0, 0.1) is 0 Å². The number of imidazole rings is 1. The van der Waals surface area contributed by atoms with Gasteiger partial charge >= 0.3 is 0 Å². The molecule has 0 aromatic carbocycles. The lowest BCUT2D eigenvalue weighted by atomic mass is 9.92. The maximum atomic E-state index is 5.04. The van der Waals surface area contributed by atoms with Crippen LogP contribution >= 0.6 is 0 Å². The van der Waals surface area contributed by atoms with Gasteiger partial charge in [0.2, 0.25) is 0 Å². The van der Waals surface area contributed by atoms with E-state index in [0.29, 0.717) is 12.0 Å². The molecular formula is C45H88N2. The van der Waals surface area contributed by atoms with Gasteiger partial charge in [0.05, 0.1) is 0 Å². The molecule has 0 spiro atoms. The van der Waals surface area contributed by atoms with E-state index in [1.807, 2.05) is 0 Å². The highest BCUT2D eigenvalue weighted by Crippen LogP contribution is 2.31. The van der Waals surface area contributed by atoms with Crippen molar-refractivity contribution >= 4 is 0 Å². The molecule has 2 unspecified atom stereocenters. The Bertz CT molecular complexity index is 723. The van der Waals surface area contributed by atoms with Gasteiger partial charge in [-0.25, -0.2) is 4.98 Å². The van der Waals surface area contributed by atoms with Crippen LogP contribution in [-0.2, 0) is 0 Å². The van der Waals surface area contributed by atoms with Crippen molar-refractivity contribution in [3.63, 3.8) is 0 Å². The van der Waals surface area contributed by atoms with E-state index in [1.165, 1.54) is 237 Å². The summed E-state index contributed by atoms with van der Waals surface area (Å²) in [4.78, 5) is 5.04. The molecule has 2 heteroatoms. The summed E-state index contributed by atoms with van der Waals surface area (Å²) in [7, 11) is 0. The molecule has 0 aliphatic rings. The largest absolute Gasteiger partial charge is 0.332 e. The molecule has 0 fully saturated rings. The summed E-state index contributed by atoms with van der Waals surface area (Å²) in [6, 6.07) is 0.587. The van der Waals surface area contributed by atoms with Crippen LogP contribution in [0.1, 0.15) is 277 Å². The average molecular weight is 657 g/mol. The Morgan fingerprint density at radius 3 is 1.00 bits per heavy atom. The molecule has 1 aromatic rings. The van der Waals surface area contributed by atoms with Crippen LogP contribution in [0.3, 0.4) is 0 Å². The Balaban J connectivity index is 2.38. The zero-order chi connectivity index (χ0) is 33.9. The highest BCUT2D eigenvalue weighted by Gasteiger charge is 2.19. The van der Waals surface area contributed by atoms with E-state index in [9.17, 15) is 0 Å². The van der Waals surface area contributed by atoms with Crippen LogP contribution in [0.4, 0.5) is 0 Å². The number of unbranched alkanes of at least 4 members (excludes halogenated alkanes) is 30. The van der Waals surface area contributed by atoms with Crippen molar-refractivity contribution in [1.29, 1.82) is 0 Å². The van der Waals surface area contributed by atoms with Crippen molar-refractivity contribution in [3.8, 4) is 0 Å². The molecule has 0 saturated heterocycles. The number of hydrogen-bond donors (Lipinski definition) is 0. The number of hydrogen-bond acceptors (Lipinski definition) is 1. The van der Waals surface area contributed by atoms with Crippen LogP contribution in [0.25, 0.3) is 0 Å². The van der Waals surface area contributed by atoms with Gasteiger partial charge in [-0.15, -0.1) is 0 Å². The molecule has 0 aliphatic carbocycles. The summed E-state index contributed by atoms with van der Waals surface area (Å²) in [6.07, 6.45) is 55.7. The van der Waals surface area contributed by atoms with Gasteiger partial charge in [0.15, 0.2) is 0 Å². The predicted octanol–water partition coefficient (Wildman–Crippen LogP) is 16.6. The first kappa shape index (κ1) is 44.2. The number of nitrogens with zero attached hydrogens (tertiary/aromatic N) is 2. The van der Waals surface area contributed by atoms with Crippen LogP contribution in [0.5, 0.6) is 0 Å². The fourth-order valence-corrected chi connectivity index (χ4v) is 7.77. The summed E-state index contributed by atoms with van der Waals surface area (Å²) in [5, 5.41) is 0. The molecular weight excluding hydrogens is 569 g/mol.